The first-order chi connectivity index (χ1) is 16.2. The van der Waals surface area contributed by atoms with Crippen LogP contribution in [0.2, 0.25) is 23.2 Å². The second-order valence-electron chi connectivity index (χ2n) is 12.8. The highest BCUT2D eigenvalue weighted by Gasteiger charge is 2.51. The van der Waals surface area contributed by atoms with E-state index in [1.165, 1.54) is 23.2 Å². The van der Waals surface area contributed by atoms with Gasteiger partial charge in [-0.1, -0.05) is 115 Å². The summed E-state index contributed by atoms with van der Waals surface area (Å²) in [5, 5.41) is 2.86. The Bertz CT molecular complexity index is 968. The minimum Gasteiger partial charge on any atom is -0.544 e. The Morgan fingerprint density at radius 2 is 1.34 bits per heavy atom. The van der Waals surface area contributed by atoms with Crippen molar-refractivity contribution in [2.45, 2.75) is 84.0 Å². The molecule has 0 saturated heterocycles. The van der Waals surface area contributed by atoms with Crippen LogP contribution in [0.4, 0.5) is 0 Å². The highest BCUT2D eigenvalue weighted by molar-refractivity contribution is 6.99. The fraction of sp³-hybridized carbons (Fsp3) is 0.484. The topological polar surface area (TPSA) is 18.5 Å². The molecule has 1 aliphatic rings. The van der Waals surface area contributed by atoms with Gasteiger partial charge in [-0.15, -0.1) is 0 Å². The average molecular weight is 507 g/mol. The Balaban J connectivity index is 1.77. The van der Waals surface area contributed by atoms with Gasteiger partial charge >= 0.3 is 0 Å². The second kappa shape index (κ2) is 10.2. The van der Waals surface area contributed by atoms with E-state index in [0.29, 0.717) is 0 Å². The summed E-state index contributed by atoms with van der Waals surface area (Å²) in [7, 11) is -4.34. The number of benzene rings is 2. The third-order valence-corrected chi connectivity index (χ3v) is 17.5. The van der Waals surface area contributed by atoms with E-state index < -0.39 is 16.6 Å². The van der Waals surface area contributed by atoms with Gasteiger partial charge in [0.25, 0.3) is 8.32 Å². The van der Waals surface area contributed by atoms with Crippen LogP contribution in [0.3, 0.4) is 0 Å². The molecule has 0 atom stereocenters. The van der Waals surface area contributed by atoms with E-state index in [9.17, 15) is 0 Å². The van der Waals surface area contributed by atoms with Crippen LogP contribution in [-0.2, 0) is 8.85 Å². The van der Waals surface area contributed by atoms with Gasteiger partial charge in [-0.05, 0) is 64.3 Å². The zero-order valence-corrected chi connectivity index (χ0v) is 25.3. The summed E-state index contributed by atoms with van der Waals surface area (Å²) in [5.41, 5.74) is 0.213. The maximum Gasteiger partial charge on any atom is 0.261 e. The second-order valence-corrected chi connectivity index (χ2v) is 21.8. The molecule has 1 fully saturated rings. The van der Waals surface area contributed by atoms with Crippen molar-refractivity contribution >= 4 is 27.0 Å². The molecule has 0 radical (unpaired) electrons. The normalized spacial score (nSPS) is 16.3. The molecule has 0 aromatic heterocycles. The molecule has 0 N–H and O–H groups in total. The van der Waals surface area contributed by atoms with Gasteiger partial charge in [0.1, 0.15) is 0 Å². The van der Waals surface area contributed by atoms with Gasteiger partial charge in [-0.25, -0.2) is 0 Å². The average Bonchev–Trinajstić information content (AvgIpc) is 3.55. The molecule has 0 spiro atoms. The molecule has 0 amide bonds. The number of hydrogen-bond acceptors (Lipinski definition) is 2. The molecule has 0 aliphatic heterocycles. The number of hydrogen-bond donors (Lipinski definition) is 0. The van der Waals surface area contributed by atoms with Crippen molar-refractivity contribution in [2.24, 2.45) is 5.41 Å². The molecule has 3 rings (SSSR count). The fourth-order valence-electron chi connectivity index (χ4n) is 4.61. The summed E-state index contributed by atoms with van der Waals surface area (Å²) < 4.78 is 13.5. The van der Waals surface area contributed by atoms with Gasteiger partial charge in [-0.3, -0.25) is 0 Å². The van der Waals surface area contributed by atoms with E-state index in [4.69, 9.17) is 8.85 Å². The lowest BCUT2D eigenvalue weighted by atomic mass is 10.0. The first-order valence-corrected chi connectivity index (χ1v) is 17.9. The molecule has 1 aliphatic carbocycles. The van der Waals surface area contributed by atoms with Crippen molar-refractivity contribution in [3.8, 4) is 0 Å². The molecule has 190 valence electrons. The first kappa shape index (κ1) is 27.7. The van der Waals surface area contributed by atoms with E-state index in [1.54, 1.807) is 0 Å². The Morgan fingerprint density at radius 1 is 0.857 bits per heavy atom. The molecule has 0 bridgehead atoms. The Labute approximate surface area is 216 Å². The summed E-state index contributed by atoms with van der Waals surface area (Å²) in [4.78, 5) is 0. The van der Waals surface area contributed by atoms with Crippen LogP contribution in [0.5, 0.6) is 0 Å². The summed E-state index contributed by atoms with van der Waals surface area (Å²) >= 11 is 0. The lowest BCUT2D eigenvalue weighted by Crippen LogP contribution is -2.66. The monoisotopic (exact) mass is 506 g/mol. The maximum absolute atomic E-state index is 7.13. The molecule has 2 aromatic rings. The number of allylic oxidation sites excluding steroid dienone is 2. The lowest BCUT2D eigenvalue weighted by Gasteiger charge is -2.43. The molecule has 0 unspecified atom stereocenters. The standard InChI is InChI=1S/C31H46O2Si2/c1-26(33-34(8,9)29(2,3)4)20-21-31(22-23-31)24-25-32-35(30(5,6)7,27-16-12-10-13-17-27)28-18-14-11-15-19-28/h10-21H,1,22-25H2,2-9H3. The highest BCUT2D eigenvalue weighted by atomic mass is 28.4. The minimum absolute atomic E-state index is 0.00749. The van der Waals surface area contributed by atoms with Crippen molar-refractivity contribution < 1.29 is 8.85 Å². The molecular formula is C31H46O2Si2. The Hall–Kier alpha value is -1.89. The van der Waals surface area contributed by atoms with Crippen LogP contribution < -0.4 is 10.4 Å². The van der Waals surface area contributed by atoms with E-state index in [2.05, 4.69) is 134 Å². The summed E-state index contributed by atoms with van der Waals surface area (Å²) in [6, 6.07) is 21.8. The smallest absolute Gasteiger partial charge is 0.261 e. The third-order valence-electron chi connectivity index (χ3n) is 8.04. The van der Waals surface area contributed by atoms with Gasteiger partial charge < -0.3 is 8.85 Å². The first-order valence-electron chi connectivity index (χ1n) is 13.0. The molecule has 35 heavy (non-hydrogen) atoms. The van der Waals surface area contributed by atoms with Crippen LogP contribution in [-0.4, -0.2) is 23.2 Å². The predicted molar refractivity (Wildman–Crippen MR) is 156 cm³/mol. The van der Waals surface area contributed by atoms with Crippen molar-refractivity contribution in [2.75, 3.05) is 6.61 Å². The molecule has 0 heterocycles. The lowest BCUT2D eigenvalue weighted by molar-refractivity contribution is 0.270. The van der Waals surface area contributed by atoms with Gasteiger partial charge in [0.2, 0.25) is 8.32 Å². The molecular weight excluding hydrogens is 461 g/mol. The minimum atomic E-state index is -2.48. The van der Waals surface area contributed by atoms with Crippen LogP contribution in [0.1, 0.15) is 60.8 Å². The maximum atomic E-state index is 7.13. The predicted octanol–water partition coefficient (Wildman–Crippen LogP) is 7.83. The molecule has 4 heteroatoms. The van der Waals surface area contributed by atoms with E-state index >= 15 is 0 Å². The van der Waals surface area contributed by atoms with E-state index in [-0.39, 0.29) is 15.5 Å². The third kappa shape index (κ3) is 6.28. The van der Waals surface area contributed by atoms with Crippen molar-refractivity contribution in [1.29, 1.82) is 0 Å². The molecule has 1 saturated carbocycles. The molecule has 2 aromatic carbocycles. The fourth-order valence-corrected chi connectivity index (χ4v) is 10.2. The van der Waals surface area contributed by atoms with Crippen LogP contribution in [0, 0.1) is 5.41 Å². The zero-order valence-electron chi connectivity index (χ0n) is 23.3. The van der Waals surface area contributed by atoms with Crippen LogP contribution >= 0.6 is 0 Å². The van der Waals surface area contributed by atoms with E-state index in [0.717, 1.165) is 18.8 Å². The van der Waals surface area contributed by atoms with Gasteiger partial charge in [0.15, 0.2) is 0 Å². The SMILES string of the molecule is C=C(C=CC1(CCO[Si](c2ccccc2)(c2ccccc2)C(C)(C)C)CC1)O[Si](C)(C)C(C)(C)C. The van der Waals surface area contributed by atoms with Gasteiger partial charge in [0, 0.05) is 6.61 Å². The highest BCUT2D eigenvalue weighted by Crippen LogP contribution is 2.51. The molecule has 2 nitrogen and oxygen atoms in total. The summed E-state index contributed by atoms with van der Waals surface area (Å²) in [6.45, 7) is 23.3. The van der Waals surface area contributed by atoms with Gasteiger partial charge in [-0.2, -0.15) is 0 Å². The van der Waals surface area contributed by atoms with Crippen molar-refractivity contribution in [3.63, 3.8) is 0 Å². The zero-order chi connectivity index (χ0) is 26.0. The summed E-state index contributed by atoms with van der Waals surface area (Å²) in [6.07, 6.45) is 7.91. The van der Waals surface area contributed by atoms with Crippen LogP contribution in [0.15, 0.2) is 85.2 Å². The van der Waals surface area contributed by atoms with Crippen molar-refractivity contribution in [3.05, 3.63) is 85.2 Å². The van der Waals surface area contributed by atoms with Gasteiger partial charge in [0.05, 0.1) is 5.76 Å². The van der Waals surface area contributed by atoms with Crippen molar-refractivity contribution in [1.82, 2.24) is 0 Å². The summed E-state index contributed by atoms with van der Waals surface area (Å²) in [5.74, 6) is 0.802. The Kier molecular flexibility index (Phi) is 8.10. The largest absolute Gasteiger partial charge is 0.544 e. The quantitative estimate of drug-likeness (QED) is 0.186. The Morgan fingerprint density at radius 3 is 1.74 bits per heavy atom. The number of rotatable bonds is 10. The van der Waals surface area contributed by atoms with Crippen LogP contribution in [0.25, 0.3) is 0 Å². The van der Waals surface area contributed by atoms with E-state index in [1.807, 2.05) is 0 Å².